The van der Waals surface area contributed by atoms with Crippen LogP contribution >= 0.6 is 54.0 Å². The molecule has 55 heavy (non-hydrogen) atoms. The first kappa shape index (κ1) is 47.8. The van der Waals surface area contributed by atoms with Crippen molar-refractivity contribution in [1.82, 2.24) is 25.1 Å². The third kappa shape index (κ3) is 11.0. The Kier molecular flexibility index (Phi) is 18.5. The van der Waals surface area contributed by atoms with Crippen LogP contribution in [0, 0.1) is 17.8 Å². The van der Waals surface area contributed by atoms with Crippen LogP contribution < -0.4 is 5.32 Å². The number of amides is 3. The lowest BCUT2D eigenvalue weighted by Crippen LogP contribution is -2.53. The summed E-state index contributed by atoms with van der Waals surface area (Å²) in [6.07, 6.45) is 10.8. The number of nitrogens with one attached hydrogen (secondary N) is 2. The van der Waals surface area contributed by atoms with Gasteiger partial charge in [0.1, 0.15) is 11.9 Å². The zero-order chi connectivity index (χ0) is 36.2. The van der Waals surface area contributed by atoms with Crippen LogP contribution in [0.2, 0.25) is 0 Å². The monoisotopic (exact) mass is 828 g/mol. The molecule has 2 aromatic carbocycles. The quantitative estimate of drug-likeness (QED) is 0.205. The van der Waals surface area contributed by atoms with Crippen LogP contribution in [-0.4, -0.2) is 75.7 Å². The molecule has 302 valence electrons. The molecule has 3 aliphatic rings. The maximum Gasteiger partial charge on any atom is 0.407 e. The summed E-state index contributed by atoms with van der Waals surface area (Å²) in [7, 11) is 1.31. The summed E-state index contributed by atoms with van der Waals surface area (Å²) in [5, 5.41) is 2.73. The lowest BCUT2D eigenvalue weighted by Gasteiger charge is -2.30. The molecule has 10 nitrogen and oxygen atoms in total. The van der Waals surface area contributed by atoms with Crippen molar-refractivity contribution < 1.29 is 19.1 Å². The molecule has 0 unspecified atom stereocenters. The molecule has 0 aliphatic carbocycles. The zero-order valence-corrected chi connectivity index (χ0v) is 36.8. The molecule has 14 heteroatoms. The van der Waals surface area contributed by atoms with Crippen LogP contribution in [0.4, 0.5) is 10.5 Å². The molecule has 3 aliphatic heterocycles. The highest BCUT2D eigenvalue weighted by atomic mass is 32.1. The Hall–Kier alpha value is -3.33. The Morgan fingerprint density at radius 3 is 2.18 bits per heavy atom. The van der Waals surface area contributed by atoms with Gasteiger partial charge in [-0.15, -0.1) is 0 Å². The Labute approximate surface area is 354 Å². The minimum Gasteiger partial charge on any atom is -0.453 e. The van der Waals surface area contributed by atoms with Crippen LogP contribution in [0.1, 0.15) is 88.9 Å². The van der Waals surface area contributed by atoms with Gasteiger partial charge in [-0.05, 0) is 72.3 Å². The van der Waals surface area contributed by atoms with E-state index < -0.39 is 12.1 Å². The second-order valence-electron chi connectivity index (χ2n) is 14.9. The summed E-state index contributed by atoms with van der Waals surface area (Å²) in [5.41, 5.74) is 7.49. The molecule has 4 atom stereocenters. The number of fused-ring (bicyclic) bond motifs is 1. The van der Waals surface area contributed by atoms with Gasteiger partial charge in [0.15, 0.2) is 0 Å². The number of rotatable bonds is 11. The van der Waals surface area contributed by atoms with Gasteiger partial charge < -0.3 is 24.8 Å². The van der Waals surface area contributed by atoms with E-state index in [-0.39, 0.29) is 89.7 Å². The zero-order valence-electron chi connectivity index (χ0n) is 32.8. The van der Waals surface area contributed by atoms with Crippen LogP contribution in [0.15, 0.2) is 59.7 Å². The molecule has 2 fully saturated rings. The number of H-pyrrole nitrogens is 1. The Balaban J connectivity index is 0.00000261. The lowest BCUT2D eigenvalue weighted by atomic mass is 9.96. The van der Waals surface area contributed by atoms with Crippen molar-refractivity contribution in [3.63, 3.8) is 0 Å². The summed E-state index contributed by atoms with van der Waals surface area (Å²) >= 11 is 0. The smallest absolute Gasteiger partial charge is 0.407 e. The van der Waals surface area contributed by atoms with Gasteiger partial charge in [0.2, 0.25) is 11.8 Å². The van der Waals surface area contributed by atoms with Crippen LogP contribution in [0.3, 0.4) is 0 Å². The second-order valence-corrected chi connectivity index (χ2v) is 14.9. The third-order valence-electron chi connectivity index (χ3n) is 10.8. The highest BCUT2D eigenvalue weighted by Crippen LogP contribution is 2.35. The first-order valence-corrected chi connectivity index (χ1v) is 18.5. The lowest BCUT2D eigenvalue weighted by molar-refractivity contribution is -0.137. The number of ether oxygens (including phenoxy) is 1. The molecule has 0 spiro atoms. The van der Waals surface area contributed by atoms with Crippen molar-refractivity contribution in [2.45, 2.75) is 91.3 Å². The second kappa shape index (κ2) is 21.3. The summed E-state index contributed by atoms with van der Waals surface area (Å²) in [6, 6.07) is 14.2. The number of nitrogens with zero attached hydrogens (tertiary/aromatic N) is 4. The number of carbonyl (C=O) groups excluding carboxylic acids is 3. The Morgan fingerprint density at radius 1 is 0.891 bits per heavy atom. The van der Waals surface area contributed by atoms with Crippen molar-refractivity contribution in [1.29, 1.82) is 0 Å². The average molecular weight is 829 g/mol. The molecule has 0 bridgehead atoms. The van der Waals surface area contributed by atoms with Crippen molar-refractivity contribution in [3.05, 3.63) is 77.3 Å². The molecule has 1 aromatic heterocycles. The molecule has 6 rings (SSSR count). The fraction of sp³-hybridized carbons (Fsp3) is 0.488. The van der Waals surface area contributed by atoms with Gasteiger partial charge in [0, 0.05) is 31.1 Å². The third-order valence-corrected chi connectivity index (χ3v) is 10.8. The largest absolute Gasteiger partial charge is 0.453 e. The maximum absolute atomic E-state index is 13.6. The van der Waals surface area contributed by atoms with Gasteiger partial charge in [0.25, 0.3) is 0 Å². The fourth-order valence-corrected chi connectivity index (χ4v) is 7.45. The van der Waals surface area contributed by atoms with Gasteiger partial charge in [0.05, 0.1) is 36.8 Å². The molecular formula is C41H60N6O4S4. The van der Waals surface area contributed by atoms with Crippen molar-refractivity contribution >= 4 is 89.4 Å². The van der Waals surface area contributed by atoms with Crippen molar-refractivity contribution in [2.24, 2.45) is 22.7 Å². The van der Waals surface area contributed by atoms with Gasteiger partial charge in [-0.1, -0.05) is 83.2 Å². The molecule has 0 radical (unpaired) electrons. The SMILES string of the molecule is COC(=O)N[C@H](C(=O)N1CCC[C@H]1C1=Nc2cc(CC=Cc3ccc(-c4cnc([C@@H]5CCCN5C(=O)[C@@H](C)C(C)C)[nH]4)cc3)ccc2C1)C(C)C.S.S.S.S. The number of imidazole rings is 1. The molecule has 3 aromatic rings. The summed E-state index contributed by atoms with van der Waals surface area (Å²) in [4.78, 5) is 55.7. The van der Waals surface area contributed by atoms with Crippen LogP contribution in [0.5, 0.6) is 0 Å². The number of hydrogen-bond donors (Lipinski definition) is 2. The molecule has 4 heterocycles. The fourth-order valence-electron chi connectivity index (χ4n) is 7.45. The van der Waals surface area contributed by atoms with E-state index in [4.69, 9.17) is 14.7 Å². The van der Waals surface area contributed by atoms with Gasteiger partial charge in [-0.3, -0.25) is 14.6 Å². The normalized spacial score (nSPS) is 18.4. The predicted octanol–water partition coefficient (Wildman–Crippen LogP) is 7.74. The molecule has 2 saturated heterocycles. The number of likely N-dealkylation sites (tertiary alicyclic amines) is 2. The number of alkyl carbamates (subject to hydrolysis) is 1. The Bertz CT molecular complexity index is 1810. The highest BCUT2D eigenvalue weighted by Gasteiger charge is 2.39. The minimum absolute atomic E-state index is 0. The first-order valence-electron chi connectivity index (χ1n) is 18.5. The number of aliphatic imine (C=N–C) groups is 1. The summed E-state index contributed by atoms with van der Waals surface area (Å²) < 4.78 is 4.77. The number of methoxy groups -OCH3 is 1. The maximum atomic E-state index is 13.6. The standard InChI is InChI=1S/C41H52N6O4.4H2S/c1-25(2)27(5)39(48)47-21-9-13-36(47)38-42-24-34(44-38)30-17-14-28(15-18-30)10-7-11-29-16-19-31-23-33(43-32(31)22-29)35-12-8-20-46(35)40(49)37(26(3)4)45-41(50)51-6;;;;/h7,10,14-19,22,24-27,35-37H,8-9,11-13,20-21,23H2,1-6H3,(H,42,44)(H,45,50);4*1H2/t27-,35-,36-,37-;;;;/m0..../s1. The summed E-state index contributed by atoms with van der Waals surface area (Å²) in [6.45, 7) is 11.5. The predicted molar refractivity (Wildman–Crippen MR) is 242 cm³/mol. The van der Waals surface area contributed by atoms with Crippen LogP contribution in [0.25, 0.3) is 17.3 Å². The summed E-state index contributed by atoms with van der Waals surface area (Å²) in [5.74, 6) is 1.25. The van der Waals surface area contributed by atoms with E-state index in [0.717, 1.165) is 79.1 Å². The molecule has 2 N–H and O–H groups in total. The number of benzene rings is 2. The van der Waals surface area contributed by atoms with Crippen molar-refractivity contribution in [2.75, 3.05) is 20.2 Å². The highest BCUT2D eigenvalue weighted by molar-refractivity contribution is 7.59. The van der Waals surface area contributed by atoms with E-state index in [0.29, 0.717) is 12.5 Å². The number of allylic oxidation sites excluding steroid dienone is 1. The van der Waals surface area contributed by atoms with E-state index in [1.54, 1.807) is 0 Å². The first-order chi connectivity index (χ1) is 24.5. The molecule has 3 amide bonds. The molecule has 0 saturated carbocycles. The minimum atomic E-state index is -0.639. The average Bonchev–Trinajstić information content (AvgIpc) is 3.95. The van der Waals surface area contributed by atoms with E-state index in [1.165, 1.54) is 18.2 Å². The van der Waals surface area contributed by atoms with Crippen molar-refractivity contribution in [3.8, 4) is 11.3 Å². The van der Waals surface area contributed by atoms with Gasteiger partial charge in [-0.25, -0.2) is 9.78 Å². The topological polar surface area (TPSA) is 120 Å². The van der Waals surface area contributed by atoms with E-state index in [9.17, 15) is 14.4 Å². The number of hydrogen-bond acceptors (Lipinski definition) is 6. The van der Waals surface area contributed by atoms with Gasteiger partial charge in [-0.2, -0.15) is 54.0 Å². The number of aromatic nitrogens is 2. The number of carbonyl (C=O) groups is 3. The molecular weight excluding hydrogens is 769 g/mol. The van der Waals surface area contributed by atoms with E-state index in [1.807, 2.05) is 36.8 Å². The van der Waals surface area contributed by atoms with Gasteiger partial charge >= 0.3 is 6.09 Å². The van der Waals surface area contributed by atoms with Crippen LogP contribution in [-0.2, 0) is 27.2 Å². The number of aromatic amines is 1. The Morgan fingerprint density at radius 2 is 1.55 bits per heavy atom. The van der Waals surface area contributed by atoms with E-state index in [2.05, 4.69) is 78.8 Å². The van der Waals surface area contributed by atoms with E-state index >= 15 is 0 Å².